The number of hydrogen-bond donors (Lipinski definition) is 1. The first-order chi connectivity index (χ1) is 11.5. The first kappa shape index (κ1) is 16.4. The van der Waals surface area contributed by atoms with Crippen molar-refractivity contribution in [3.63, 3.8) is 0 Å². The lowest BCUT2D eigenvalue weighted by Gasteiger charge is -2.27. The van der Waals surface area contributed by atoms with Crippen molar-refractivity contribution in [1.29, 1.82) is 0 Å². The van der Waals surface area contributed by atoms with Crippen LogP contribution in [0.2, 0.25) is 0 Å². The highest BCUT2D eigenvalue weighted by atomic mass is 16.5. The molecule has 0 saturated carbocycles. The average molecular weight is 324 g/mol. The Bertz CT molecular complexity index is 723. The number of fused-ring (bicyclic) bond motifs is 1. The molecule has 0 atom stereocenters. The molecule has 0 saturated heterocycles. The molecule has 0 fully saturated rings. The van der Waals surface area contributed by atoms with Crippen LogP contribution in [-0.2, 0) is 11.8 Å². The largest absolute Gasteiger partial charge is 0.497 e. The molecule has 2 aromatic carbocycles. The molecule has 0 spiro atoms. The molecule has 1 aliphatic rings. The van der Waals surface area contributed by atoms with Crippen LogP contribution in [0.15, 0.2) is 48.5 Å². The van der Waals surface area contributed by atoms with E-state index in [4.69, 9.17) is 4.74 Å². The van der Waals surface area contributed by atoms with Gasteiger partial charge in [0.2, 0.25) is 0 Å². The van der Waals surface area contributed by atoms with E-state index in [2.05, 4.69) is 37.4 Å². The van der Waals surface area contributed by atoms with E-state index in [1.807, 2.05) is 35.2 Å². The Morgan fingerprint density at radius 2 is 1.88 bits per heavy atom. The van der Waals surface area contributed by atoms with Crippen molar-refractivity contribution in [3.05, 3.63) is 59.7 Å². The fourth-order valence-corrected chi connectivity index (χ4v) is 3.09. The second-order valence-electron chi connectivity index (χ2n) is 6.80. The number of carbonyl (C=O) groups excluding carboxylic acids is 1. The Balaban J connectivity index is 1.65. The molecule has 126 valence electrons. The van der Waals surface area contributed by atoms with Crippen LogP contribution in [-0.4, -0.2) is 26.2 Å². The molecule has 3 rings (SSSR count). The van der Waals surface area contributed by atoms with Gasteiger partial charge < -0.3 is 10.1 Å². The zero-order valence-corrected chi connectivity index (χ0v) is 14.5. The van der Waals surface area contributed by atoms with Crippen molar-refractivity contribution in [3.8, 4) is 5.75 Å². The molecule has 0 aromatic heterocycles. The van der Waals surface area contributed by atoms with Crippen LogP contribution < -0.4 is 15.0 Å². The van der Waals surface area contributed by atoms with E-state index in [1.54, 1.807) is 7.11 Å². The van der Waals surface area contributed by atoms with Gasteiger partial charge in [0.15, 0.2) is 0 Å². The van der Waals surface area contributed by atoms with Gasteiger partial charge in [-0.3, -0.25) is 4.90 Å². The van der Waals surface area contributed by atoms with Gasteiger partial charge in [-0.2, -0.15) is 0 Å². The van der Waals surface area contributed by atoms with Crippen molar-refractivity contribution in [2.45, 2.75) is 25.7 Å². The molecular formula is C20H24N2O2. The number of urea groups is 1. The molecular weight excluding hydrogens is 300 g/mol. The minimum absolute atomic E-state index is 0.0264. The Morgan fingerprint density at radius 1 is 1.17 bits per heavy atom. The van der Waals surface area contributed by atoms with E-state index in [-0.39, 0.29) is 11.4 Å². The number of nitrogens with zero attached hydrogens (tertiary/aromatic N) is 1. The number of ether oxygens (including phenoxy) is 1. The van der Waals surface area contributed by atoms with Gasteiger partial charge in [-0.1, -0.05) is 44.2 Å². The molecule has 1 N–H and O–H groups in total. The number of rotatable bonds is 4. The molecule has 0 bridgehead atoms. The van der Waals surface area contributed by atoms with E-state index in [0.717, 1.165) is 24.4 Å². The van der Waals surface area contributed by atoms with Crippen molar-refractivity contribution in [2.24, 2.45) is 0 Å². The predicted molar refractivity (Wildman–Crippen MR) is 96.9 cm³/mol. The summed E-state index contributed by atoms with van der Waals surface area (Å²) in [4.78, 5) is 14.4. The first-order valence-electron chi connectivity index (χ1n) is 8.29. The van der Waals surface area contributed by atoms with E-state index >= 15 is 0 Å². The van der Waals surface area contributed by atoms with E-state index < -0.39 is 0 Å². The van der Waals surface area contributed by atoms with Crippen LogP contribution in [0.25, 0.3) is 0 Å². The highest BCUT2D eigenvalue weighted by Gasteiger charge is 2.27. The van der Waals surface area contributed by atoms with Crippen molar-refractivity contribution in [1.82, 2.24) is 5.32 Å². The van der Waals surface area contributed by atoms with Crippen molar-refractivity contribution < 1.29 is 9.53 Å². The zero-order chi connectivity index (χ0) is 17.2. The third-order valence-corrected chi connectivity index (χ3v) is 4.69. The molecule has 1 aliphatic heterocycles. The summed E-state index contributed by atoms with van der Waals surface area (Å²) in [6.45, 7) is 5.59. The lowest BCUT2D eigenvalue weighted by Crippen LogP contribution is -2.44. The minimum Gasteiger partial charge on any atom is -0.497 e. The zero-order valence-electron chi connectivity index (χ0n) is 14.5. The second kappa shape index (κ2) is 6.56. The summed E-state index contributed by atoms with van der Waals surface area (Å²) in [5, 5.41) is 3.09. The normalized spacial score (nSPS) is 13.5. The summed E-state index contributed by atoms with van der Waals surface area (Å²) in [6.07, 6.45) is 0.922. The summed E-state index contributed by atoms with van der Waals surface area (Å²) in [6, 6.07) is 16.1. The number of amides is 2. The number of hydrogen-bond acceptors (Lipinski definition) is 2. The standard InChI is InChI=1S/C20H24N2O2/c1-20(2,16-8-10-17(24-3)11-9-16)14-21-19(23)22-13-12-15-6-4-5-7-18(15)22/h4-11H,12-14H2,1-3H3,(H,21,23). The van der Waals surface area contributed by atoms with Gasteiger partial charge in [0.25, 0.3) is 0 Å². The Kier molecular flexibility index (Phi) is 4.47. The SMILES string of the molecule is COc1ccc(C(C)(C)CNC(=O)N2CCc3ccccc32)cc1. The van der Waals surface area contributed by atoms with Crippen molar-refractivity contribution >= 4 is 11.7 Å². The van der Waals surface area contributed by atoms with Crippen LogP contribution in [0.4, 0.5) is 10.5 Å². The van der Waals surface area contributed by atoms with Gasteiger partial charge in [-0.15, -0.1) is 0 Å². The molecule has 0 radical (unpaired) electrons. The third kappa shape index (κ3) is 3.23. The molecule has 0 unspecified atom stereocenters. The molecule has 4 heteroatoms. The second-order valence-corrected chi connectivity index (χ2v) is 6.80. The van der Waals surface area contributed by atoms with Gasteiger partial charge in [0.1, 0.15) is 5.75 Å². The minimum atomic E-state index is -0.152. The van der Waals surface area contributed by atoms with Crippen molar-refractivity contribution in [2.75, 3.05) is 25.1 Å². The lowest BCUT2D eigenvalue weighted by molar-refractivity contribution is 0.244. The monoisotopic (exact) mass is 324 g/mol. The summed E-state index contributed by atoms with van der Waals surface area (Å²) < 4.78 is 5.20. The smallest absolute Gasteiger partial charge is 0.321 e. The average Bonchev–Trinajstić information content (AvgIpc) is 3.04. The maximum absolute atomic E-state index is 12.6. The number of carbonyl (C=O) groups is 1. The van der Waals surface area contributed by atoms with Gasteiger partial charge in [-0.05, 0) is 35.7 Å². The van der Waals surface area contributed by atoms with E-state index in [1.165, 1.54) is 11.1 Å². The van der Waals surface area contributed by atoms with E-state index in [9.17, 15) is 4.79 Å². The van der Waals surface area contributed by atoms with Crippen LogP contribution >= 0.6 is 0 Å². The number of methoxy groups -OCH3 is 1. The number of nitrogens with one attached hydrogen (secondary N) is 1. The van der Waals surface area contributed by atoms with Crippen LogP contribution in [0.5, 0.6) is 5.75 Å². The highest BCUT2D eigenvalue weighted by Crippen LogP contribution is 2.28. The fourth-order valence-electron chi connectivity index (χ4n) is 3.09. The van der Waals surface area contributed by atoms with Gasteiger partial charge in [0, 0.05) is 24.2 Å². The third-order valence-electron chi connectivity index (χ3n) is 4.69. The predicted octanol–water partition coefficient (Wildman–Crippen LogP) is 3.75. The number of para-hydroxylation sites is 1. The highest BCUT2D eigenvalue weighted by molar-refractivity contribution is 5.94. The molecule has 0 aliphatic carbocycles. The summed E-state index contributed by atoms with van der Waals surface area (Å²) in [5.74, 6) is 0.840. The van der Waals surface area contributed by atoms with Gasteiger partial charge >= 0.3 is 6.03 Å². The Morgan fingerprint density at radius 3 is 2.58 bits per heavy atom. The number of benzene rings is 2. The summed E-state index contributed by atoms with van der Waals surface area (Å²) >= 11 is 0. The van der Waals surface area contributed by atoms with Crippen LogP contribution in [0, 0.1) is 0 Å². The lowest BCUT2D eigenvalue weighted by atomic mass is 9.84. The Labute approximate surface area is 143 Å². The molecule has 2 aromatic rings. The van der Waals surface area contributed by atoms with Gasteiger partial charge in [-0.25, -0.2) is 4.79 Å². The molecule has 24 heavy (non-hydrogen) atoms. The maximum atomic E-state index is 12.6. The summed E-state index contributed by atoms with van der Waals surface area (Å²) in [7, 11) is 1.66. The van der Waals surface area contributed by atoms with Crippen LogP contribution in [0.1, 0.15) is 25.0 Å². The van der Waals surface area contributed by atoms with Crippen LogP contribution in [0.3, 0.4) is 0 Å². The maximum Gasteiger partial charge on any atom is 0.321 e. The molecule has 4 nitrogen and oxygen atoms in total. The fraction of sp³-hybridized carbons (Fsp3) is 0.350. The first-order valence-corrected chi connectivity index (χ1v) is 8.29. The summed E-state index contributed by atoms with van der Waals surface area (Å²) in [5.41, 5.74) is 3.28. The molecule has 1 heterocycles. The molecule has 2 amide bonds. The van der Waals surface area contributed by atoms with E-state index in [0.29, 0.717) is 6.54 Å². The number of anilines is 1. The quantitative estimate of drug-likeness (QED) is 0.931. The van der Waals surface area contributed by atoms with Gasteiger partial charge in [0.05, 0.1) is 7.11 Å². The Hall–Kier alpha value is -2.49. The topological polar surface area (TPSA) is 41.6 Å².